The first kappa shape index (κ1) is 31.1. The molecule has 2 saturated heterocycles. The number of benzene rings is 4. The zero-order chi connectivity index (χ0) is 33.9. The van der Waals surface area contributed by atoms with Crippen molar-refractivity contribution in [1.82, 2.24) is 0 Å². The Labute approximate surface area is 289 Å². The largest absolute Gasteiger partial charge is 0.507 e. The minimum atomic E-state index is -2.09. The van der Waals surface area contributed by atoms with E-state index in [4.69, 9.17) is 34.8 Å². The molecule has 2 aliphatic carbocycles. The number of fused-ring (bicyclic) bond motifs is 5. The number of nitrogens with zero attached hydrogens (tertiary/aromatic N) is 2. The Hall–Kier alpha value is -4.24. The maximum Gasteiger partial charge on any atom is 0.258 e. The molecule has 6 atom stereocenters. The predicted molar refractivity (Wildman–Crippen MR) is 181 cm³/mol. The topological polar surface area (TPSA) is 95.0 Å². The monoisotopic (exact) mass is 702 g/mol. The minimum Gasteiger partial charge on any atom is -0.507 e. The highest BCUT2D eigenvalue weighted by Gasteiger charge is 2.76. The summed E-state index contributed by atoms with van der Waals surface area (Å²) in [7, 11) is 0. The zero-order valence-electron chi connectivity index (χ0n) is 25.3. The Balaban J connectivity index is 1.33. The normalized spacial score (nSPS) is 29.6. The van der Waals surface area contributed by atoms with Crippen molar-refractivity contribution in [2.45, 2.75) is 35.4 Å². The van der Waals surface area contributed by atoms with Gasteiger partial charge in [-0.1, -0.05) is 59.6 Å². The molecule has 1 saturated carbocycles. The van der Waals surface area contributed by atoms with Crippen LogP contribution in [0, 0.1) is 30.5 Å². The molecule has 7 nitrogen and oxygen atoms in total. The highest BCUT2D eigenvalue weighted by molar-refractivity contribution is 6.58. The molecular formula is C37H26Cl3FN2O5. The van der Waals surface area contributed by atoms with E-state index in [1.54, 1.807) is 48.5 Å². The van der Waals surface area contributed by atoms with E-state index in [9.17, 15) is 28.7 Å². The van der Waals surface area contributed by atoms with Gasteiger partial charge in [0, 0.05) is 16.3 Å². The Morgan fingerprint density at radius 3 is 2.21 bits per heavy atom. The van der Waals surface area contributed by atoms with Crippen LogP contribution >= 0.6 is 34.8 Å². The van der Waals surface area contributed by atoms with Gasteiger partial charge in [-0.2, -0.15) is 0 Å². The molecule has 48 heavy (non-hydrogen) atoms. The summed E-state index contributed by atoms with van der Waals surface area (Å²) in [5, 5.41) is 12.2. The lowest BCUT2D eigenvalue weighted by Gasteiger charge is -2.51. The average Bonchev–Trinajstić information content (AvgIpc) is 3.41. The van der Waals surface area contributed by atoms with E-state index in [1.165, 1.54) is 18.2 Å². The van der Waals surface area contributed by atoms with E-state index in [0.29, 0.717) is 32.6 Å². The molecule has 4 aromatic carbocycles. The molecule has 2 aliphatic heterocycles. The quantitative estimate of drug-likeness (QED) is 0.136. The summed E-state index contributed by atoms with van der Waals surface area (Å²) in [6, 6.07) is 20.1. The summed E-state index contributed by atoms with van der Waals surface area (Å²) >= 11 is 21.4. The third-order valence-corrected chi connectivity index (χ3v) is 12.4. The second-order valence-electron chi connectivity index (χ2n) is 12.9. The van der Waals surface area contributed by atoms with Crippen molar-refractivity contribution < 1.29 is 28.7 Å². The highest BCUT2D eigenvalue weighted by Crippen LogP contribution is 2.66. The van der Waals surface area contributed by atoms with Gasteiger partial charge in [0.15, 0.2) is 9.75 Å². The van der Waals surface area contributed by atoms with Crippen LogP contribution in [0.2, 0.25) is 5.02 Å². The molecule has 4 aliphatic rings. The van der Waals surface area contributed by atoms with E-state index in [1.807, 2.05) is 13.0 Å². The van der Waals surface area contributed by atoms with Crippen molar-refractivity contribution in [3.05, 3.63) is 112 Å². The van der Waals surface area contributed by atoms with Gasteiger partial charge in [0.05, 0.1) is 23.2 Å². The highest BCUT2D eigenvalue weighted by atomic mass is 35.5. The van der Waals surface area contributed by atoms with E-state index in [0.717, 1.165) is 27.5 Å². The molecule has 6 unspecified atom stereocenters. The van der Waals surface area contributed by atoms with Crippen LogP contribution < -0.4 is 9.80 Å². The van der Waals surface area contributed by atoms with E-state index >= 15 is 0 Å². The number of alkyl halides is 2. The van der Waals surface area contributed by atoms with Crippen LogP contribution in [0.15, 0.2) is 90.5 Å². The molecule has 3 fully saturated rings. The molecule has 8 rings (SSSR count). The summed E-state index contributed by atoms with van der Waals surface area (Å²) in [6.45, 7) is 1.82. The third-order valence-electron chi connectivity index (χ3n) is 10.6. The lowest BCUT2D eigenvalue weighted by Crippen LogP contribution is -2.60. The SMILES string of the molecule is Cc1ccc(N2C(=O)C3CC=C4C(CC5(Cl)C(=O)N(c6ccc(F)cc6)C(=O)C5(Cl)C4c4ccc(O)c5ccccc45)C3C2=O)cc1Cl. The minimum absolute atomic E-state index is 0.00545. The van der Waals surface area contributed by atoms with Crippen molar-refractivity contribution in [3.63, 3.8) is 0 Å². The number of aromatic hydroxyl groups is 1. The Bertz CT molecular complexity index is 2150. The first-order valence-corrected chi connectivity index (χ1v) is 16.6. The number of aryl methyl sites for hydroxylation is 1. The van der Waals surface area contributed by atoms with Gasteiger partial charge in [0.1, 0.15) is 11.6 Å². The number of halogens is 4. The van der Waals surface area contributed by atoms with Gasteiger partial charge in [-0.15, -0.1) is 23.2 Å². The zero-order valence-corrected chi connectivity index (χ0v) is 27.6. The number of carbonyl (C=O) groups excluding carboxylic acids is 4. The summed E-state index contributed by atoms with van der Waals surface area (Å²) in [6.07, 6.45) is 1.84. The standard InChI is InChI=1S/C37H26Cl3FN2O5/c1-18-6-9-21(16-28(18)38)42-32(45)26-13-12-25-27(30(26)33(42)46)17-36(39)34(47)43(20-10-7-19(41)8-11-20)35(48)37(36,40)31(25)24-14-15-29(44)23-5-3-2-4-22(23)24/h2-12,14-16,26-27,30-31,44H,13,17H2,1H3. The van der Waals surface area contributed by atoms with Crippen LogP contribution in [-0.2, 0) is 19.2 Å². The molecule has 0 bridgehead atoms. The van der Waals surface area contributed by atoms with Crippen molar-refractivity contribution in [2.75, 3.05) is 9.80 Å². The number of phenolic OH excluding ortho intramolecular Hbond substituents is 1. The van der Waals surface area contributed by atoms with E-state index in [2.05, 4.69) is 0 Å². The number of imide groups is 2. The number of allylic oxidation sites excluding steroid dienone is 2. The number of amides is 4. The van der Waals surface area contributed by atoms with Gasteiger partial charge in [-0.3, -0.25) is 19.2 Å². The van der Waals surface area contributed by atoms with Gasteiger partial charge in [0.2, 0.25) is 11.8 Å². The van der Waals surface area contributed by atoms with Crippen LogP contribution in [0.1, 0.15) is 29.9 Å². The van der Waals surface area contributed by atoms with Crippen LogP contribution in [0.4, 0.5) is 15.8 Å². The second-order valence-corrected chi connectivity index (χ2v) is 14.6. The molecule has 0 aromatic heterocycles. The predicted octanol–water partition coefficient (Wildman–Crippen LogP) is 7.41. The number of hydrogen-bond acceptors (Lipinski definition) is 5. The maximum atomic E-state index is 14.6. The summed E-state index contributed by atoms with van der Waals surface area (Å²) in [5.41, 5.74) is 2.37. The molecular weight excluding hydrogens is 678 g/mol. The summed E-state index contributed by atoms with van der Waals surface area (Å²) < 4.78 is 13.9. The first-order valence-electron chi connectivity index (χ1n) is 15.5. The number of hydrogen-bond donors (Lipinski definition) is 1. The van der Waals surface area contributed by atoms with Crippen LogP contribution in [0.3, 0.4) is 0 Å². The van der Waals surface area contributed by atoms with Crippen molar-refractivity contribution in [1.29, 1.82) is 0 Å². The number of phenols is 1. The van der Waals surface area contributed by atoms with Crippen molar-refractivity contribution >= 4 is 80.6 Å². The first-order chi connectivity index (χ1) is 22.9. The fourth-order valence-electron chi connectivity index (χ4n) is 8.28. The summed E-state index contributed by atoms with van der Waals surface area (Å²) in [4.78, 5) is 55.3. The molecule has 0 radical (unpaired) electrons. The van der Waals surface area contributed by atoms with Crippen molar-refractivity contribution in [3.8, 4) is 5.75 Å². The van der Waals surface area contributed by atoms with E-state index < -0.39 is 57.0 Å². The van der Waals surface area contributed by atoms with Gasteiger partial charge in [0.25, 0.3) is 11.8 Å². The lowest BCUT2D eigenvalue weighted by atomic mass is 9.56. The molecule has 242 valence electrons. The molecule has 2 heterocycles. The van der Waals surface area contributed by atoms with Gasteiger partial charge in [-0.25, -0.2) is 14.2 Å². The molecule has 4 amide bonds. The number of carbonyl (C=O) groups is 4. The summed E-state index contributed by atoms with van der Waals surface area (Å²) in [5.74, 6) is -6.43. The Kier molecular flexibility index (Phi) is 6.88. The van der Waals surface area contributed by atoms with Crippen LogP contribution in [0.5, 0.6) is 5.75 Å². The van der Waals surface area contributed by atoms with Gasteiger partial charge < -0.3 is 5.11 Å². The third kappa shape index (κ3) is 4.00. The molecule has 11 heteroatoms. The second kappa shape index (κ2) is 10.6. The Morgan fingerprint density at radius 1 is 0.812 bits per heavy atom. The molecule has 0 spiro atoms. The number of anilines is 2. The van der Waals surface area contributed by atoms with Gasteiger partial charge >= 0.3 is 0 Å². The molecule has 1 N–H and O–H groups in total. The van der Waals surface area contributed by atoms with Gasteiger partial charge in [-0.05, 0) is 84.7 Å². The average molecular weight is 704 g/mol. The maximum absolute atomic E-state index is 14.6. The lowest BCUT2D eigenvalue weighted by molar-refractivity contribution is -0.125. The van der Waals surface area contributed by atoms with E-state index in [-0.39, 0.29) is 30.2 Å². The van der Waals surface area contributed by atoms with Crippen LogP contribution in [-0.4, -0.2) is 38.5 Å². The Morgan fingerprint density at radius 2 is 1.50 bits per heavy atom. The smallest absolute Gasteiger partial charge is 0.258 e. The van der Waals surface area contributed by atoms with Crippen LogP contribution in [0.25, 0.3) is 10.8 Å². The molecule has 4 aromatic rings. The van der Waals surface area contributed by atoms with Crippen molar-refractivity contribution in [2.24, 2.45) is 17.8 Å². The fraction of sp³-hybridized carbons (Fsp3) is 0.243. The fourth-order valence-corrected chi connectivity index (χ4v) is 9.38. The number of rotatable bonds is 3.